The largest absolute Gasteiger partial charge is 0.496 e. The maximum atomic E-state index is 12.6. The number of ether oxygens (including phenoxy) is 2. The lowest BCUT2D eigenvalue weighted by atomic mass is 9.85. The van der Waals surface area contributed by atoms with E-state index >= 15 is 0 Å². The van der Waals surface area contributed by atoms with E-state index in [4.69, 9.17) is 9.47 Å². The van der Waals surface area contributed by atoms with Crippen LogP contribution in [0.2, 0.25) is 0 Å². The van der Waals surface area contributed by atoms with Crippen molar-refractivity contribution in [1.82, 2.24) is 4.90 Å². The van der Waals surface area contributed by atoms with Gasteiger partial charge in [0, 0.05) is 11.1 Å². The van der Waals surface area contributed by atoms with Gasteiger partial charge in [-0.25, -0.2) is 4.79 Å². The van der Waals surface area contributed by atoms with E-state index in [0.717, 1.165) is 4.90 Å². The topological polar surface area (TPSA) is 90.0 Å². The lowest BCUT2D eigenvalue weighted by Crippen LogP contribution is -2.44. The number of carbonyl (C=O) groups excluding carboxylic acids is 4. The van der Waals surface area contributed by atoms with Gasteiger partial charge < -0.3 is 9.47 Å². The smallest absolute Gasteiger partial charge is 0.329 e. The summed E-state index contributed by atoms with van der Waals surface area (Å²) < 4.78 is 10.6. The molecule has 0 N–H and O–H groups in total. The van der Waals surface area contributed by atoms with Gasteiger partial charge in [-0.05, 0) is 44.9 Å². The Bertz CT molecular complexity index is 832. The summed E-state index contributed by atoms with van der Waals surface area (Å²) in [6, 6.07) is 3.86. The Morgan fingerprint density at radius 1 is 1.14 bits per heavy atom. The van der Waals surface area contributed by atoms with E-state index in [-0.39, 0.29) is 36.0 Å². The quantitative estimate of drug-likeness (QED) is 0.323. The number of Topliss-reactive ketones (excluding diaryl/α,β-unsaturated/α-hetero) is 1. The van der Waals surface area contributed by atoms with Gasteiger partial charge in [0.25, 0.3) is 0 Å². The molecule has 0 spiro atoms. The first kappa shape index (κ1) is 19.8. The van der Waals surface area contributed by atoms with Gasteiger partial charge in [-0.15, -0.1) is 0 Å². The molecule has 0 aromatic heterocycles. The molecule has 1 aromatic rings. The first-order valence-electron chi connectivity index (χ1n) is 9.21. The van der Waals surface area contributed by atoms with E-state index in [1.54, 1.807) is 18.2 Å². The highest BCUT2D eigenvalue weighted by atomic mass is 16.5. The molecule has 3 rings (SSSR count). The Hall–Kier alpha value is -2.96. The highest BCUT2D eigenvalue weighted by molar-refractivity contribution is 6.08. The molecule has 7 nitrogen and oxygen atoms in total. The van der Waals surface area contributed by atoms with Crippen molar-refractivity contribution in [2.45, 2.75) is 39.3 Å². The van der Waals surface area contributed by atoms with Crippen molar-refractivity contribution in [3.8, 4) is 5.75 Å². The second-order valence-electron chi connectivity index (χ2n) is 7.07. The lowest BCUT2D eigenvalue weighted by Gasteiger charge is -2.22. The number of benzene rings is 1. The lowest BCUT2D eigenvalue weighted by molar-refractivity contribution is -0.159. The number of carbonyl (C=O) groups is 4. The molecule has 0 unspecified atom stereocenters. The fourth-order valence-corrected chi connectivity index (χ4v) is 3.69. The van der Waals surface area contributed by atoms with Crippen molar-refractivity contribution in [1.29, 1.82) is 0 Å². The summed E-state index contributed by atoms with van der Waals surface area (Å²) >= 11 is 0. The summed E-state index contributed by atoms with van der Waals surface area (Å²) in [7, 11) is 1.48. The molecule has 0 radical (unpaired) electrons. The van der Waals surface area contributed by atoms with Gasteiger partial charge in [0.1, 0.15) is 18.4 Å². The number of esters is 1. The summed E-state index contributed by atoms with van der Waals surface area (Å²) in [6.07, 6.45) is 4.82. The first-order chi connectivity index (χ1) is 13.3. The van der Waals surface area contributed by atoms with Gasteiger partial charge >= 0.3 is 5.97 Å². The summed E-state index contributed by atoms with van der Waals surface area (Å²) in [4.78, 5) is 50.3. The number of hydrogen-bond acceptors (Lipinski definition) is 6. The highest BCUT2D eigenvalue weighted by Crippen LogP contribution is 2.36. The summed E-state index contributed by atoms with van der Waals surface area (Å²) in [6.45, 7) is 2.81. The number of allylic oxidation sites excluding steroid dienone is 2. The van der Waals surface area contributed by atoms with Crippen LogP contribution in [0, 0.1) is 11.8 Å². The van der Waals surface area contributed by atoms with Crippen LogP contribution in [0.4, 0.5) is 0 Å². The van der Waals surface area contributed by atoms with Crippen LogP contribution in [0.1, 0.15) is 42.6 Å². The van der Waals surface area contributed by atoms with Crippen molar-refractivity contribution in [3.05, 3.63) is 41.5 Å². The van der Waals surface area contributed by atoms with Crippen molar-refractivity contribution >= 4 is 23.6 Å². The number of hydrogen-bond donors (Lipinski definition) is 0. The number of ketones is 1. The second kappa shape index (κ2) is 7.96. The van der Waals surface area contributed by atoms with Gasteiger partial charge in [0.15, 0.2) is 5.78 Å². The molecule has 1 aromatic carbocycles. The predicted octanol–water partition coefficient (Wildman–Crippen LogP) is 2.28. The molecular weight excluding hydrogens is 362 g/mol. The molecule has 3 atom stereocenters. The number of likely N-dealkylation sites (tertiary alicyclic amines) is 1. The summed E-state index contributed by atoms with van der Waals surface area (Å²) in [5.41, 5.74) is 1.01. The number of methoxy groups -OCH3 is 1. The van der Waals surface area contributed by atoms with Crippen LogP contribution < -0.4 is 4.74 Å². The second-order valence-corrected chi connectivity index (χ2v) is 7.07. The van der Waals surface area contributed by atoms with Crippen molar-refractivity contribution < 1.29 is 28.7 Å². The summed E-state index contributed by atoms with van der Waals surface area (Å²) in [5.74, 6) is -1.73. The maximum absolute atomic E-state index is 12.6. The van der Waals surface area contributed by atoms with Crippen molar-refractivity contribution in [3.63, 3.8) is 0 Å². The molecule has 148 valence electrons. The van der Waals surface area contributed by atoms with Gasteiger partial charge in [-0.3, -0.25) is 19.3 Å². The molecule has 2 aliphatic rings. The molecular formula is C21H23NO6. The third kappa shape index (κ3) is 3.56. The minimum atomic E-state index is -1.01. The molecule has 1 heterocycles. The number of rotatable bonds is 6. The maximum Gasteiger partial charge on any atom is 0.329 e. The average Bonchev–Trinajstić information content (AvgIpc) is 2.96. The monoisotopic (exact) mass is 385 g/mol. The molecule has 1 aliphatic heterocycles. The Morgan fingerprint density at radius 2 is 1.75 bits per heavy atom. The van der Waals surface area contributed by atoms with Crippen molar-refractivity contribution in [2.75, 3.05) is 7.11 Å². The average molecular weight is 385 g/mol. The fraction of sp³-hybridized carbons (Fsp3) is 0.429. The molecule has 1 saturated heterocycles. The number of fused-ring (bicyclic) bond motifs is 1. The molecule has 1 aliphatic carbocycles. The molecule has 2 amide bonds. The van der Waals surface area contributed by atoms with Crippen LogP contribution in [-0.4, -0.2) is 41.6 Å². The normalized spacial score (nSPS) is 22.0. The van der Waals surface area contributed by atoms with E-state index in [1.165, 1.54) is 21.0 Å². The standard InChI is InChI=1S/C21H23NO6/c1-12(22-19(24)16-6-4-5-7-17(16)20(22)25)21(26)28-11-15-10-14(13(2)23)8-9-18(15)27-3/h4-5,8-10,12,16-17H,6-7,11H2,1-3H3/t12-,16-,17+/m0/s1. The van der Waals surface area contributed by atoms with Crippen LogP contribution in [-0.2, 0) is 25.7 Å². The molecule has 0 bridgehead atoms. The van der Waals surface area contributed by atoms with E-state index in [1.807, 2.05) is 12.2 Å². The predicted molar refractivity (Wildman–Crippen MR) is 99.5 cm³/mol. The van der Waals surface area contributed by atoms with E-state index < -0.39 is 12.0 Å². The Labute approximate surface area is 163 Å². The van der Waals surface area contributed by atoms with Gasteiger partial charge in [0.2, 0.25) is 11.8 Å². The fourth-order valence-electron chi connectivity index (χ4n) is 3.69. The van der Waals surface area contributed by atoms with Gasteiger partial charge in [0.05, 0.1) is 18.9 Å². The number of amides is 2. The Kier molecular flexibility index (Phi) is 5.63. The van der Waals surface area contributed by atoms with Gasteiger partial charge in [-0.2, -0.15) is 0 Å². The van der Waals surface area contributed by atoms with Crippen LogP contribution in [0.15, 0.2) is 30.4 Å². The van der Waals surface area contributed by atoms with Crippen LogP contribution in [0.3, 0.4) is 0 Å². The molecule has 0 saturated carbocycles. The van der Waals surface area contributed by atoms with Gasteiger partial charge in [-0.1, -0.05) is 12.2 Å². The Morgan fingerprint density at radius 3 is 2.29 bits per heavy atom. The molecule has 1 fully saturated rings. The third-order valence-electron chi connectivity index (χ3n) is 5.33. The van der Waals surface area contributed by atoms with E-state index in [9.17, 15) is 19.2 Å². The minimum absolute atomic E-state index is 0.118. The zero-order chi connectivity index (χ0) is 20.4. The minimum Gasteiger partial charge on any atom is -0.496 e. The molecule has 28 heavy (non-hydrogen) atoms. The van der Waals surface area contributed by atoms with E-state index in [2.05, 4.69) is 0 Å². The molecule has 7 heteroatoms. The highest BCUT2D eigenvalue weighted by Gasteiger charge is 2.50. The number of imide groups is 1. The first-order valence-corrected chi connectivity index (χ1v) is 9.21. The van der Waals surface area contributed by atoms with E-state index in [0.29, 0.717) is 29.7 Å². The van der Waals surface area contributed by atoms with Crippen LogP contribution in [0.25, 0.3) is 0 Å². The van der Waals surface area contributed by atoms with Crippen LogP contribution in [0.5, 0.6) is 5.75 Å². The van der Waals surface area contributed by atoms with Crippen molar-refractivity contribution in [2.24, 2.45) is 11.8 Å². The summed E-state index contributed by atoms with van der Waals surface area (Å²) in [5, 5.41) is 0. The zero-order valence-electron chi connectivity index (χ0n) is 16.1. The Balaban J connectivity index is 1.70. The third-order valence-corrected chi connectivity index (χ3v) is 5.33. The number of nitrogens with zero attached hydrogens (tertiary/aromatic N) is 1. The SMILES string of the molecule is COc1ccc(C(C)=O)cc1COC(=O)[C@H](C)N1C(=O)[C@H]2CC=CC[C@H]2C1=O. The van der Waals surface area contributed by atoms with Crippen LogP contribution >= 0.6 is 0 Å². The zero-order valence-corrected chi connectivity index (χ0v) is 16.1.